The zero-order chi connectivity index (χ0) is 14.5. The lowest BCUT2D eigenvalue weighted by molar-refractivity contribution is 0.0982. The fraction of sp³-hybridized carbons (Fsp3) is 0.200. The molecule has 0 saturated heterocycles. The number of nitrogens with one attached hydrogen (secondary N) is 1. The number of benzene rings is 1. The molecule has 1 N–H and O–H groups in total. The van der Waals surface area contributed by atoms with Gasteiger partial charge in [-0.2, -0.15) is 0 Å². The SMILES string of the molecule is CCN(C(=O)c1ccc(NC)cn1)c1ccccc1F. The Bertz CT molecular complexity index is 598. The summed E-state index contributed by atoms with van der Waals surface area (Å²) in [5, 5.41) is 2.93. The second-order valence-electron chi connectivity index (χ2n) is 4.18. The van der Waals surface area contributed by atoms with Crippen molar-refractivity contribution < 1.29 is 9.18 Å². The minimum absolute atomic E-state index is 0.263. The first kappa shape index (κ1) is 14.0. The number of carbonyl (C=O) groups is 1. The number of pyridine rings is 1. The van der Waals surface area contributed by atoms with E-state index in [1.54, 1.807) is 50.5 Å². The van der Waals surface area contributed by atoms with Crippen molar-refractivity contribution >= 4 is 17.3 Å². The third-order valence-electron chi connectivity index (χ3n) is 2.98. The topological polar surface area (TPSA) is 45.2 Å². The lowest BCUT2D eigenvalue weighted by atomic mass is 10.2. The first-order chi connectivity index (χ1) is 9.67. The van der Waals surface area contributed by atoms with Crippen molar-refractivity contribution in [2.75, 3.05) is 23.8 Å². The van der Waals surface area contributed by atoms with Crippen LogP contribution in [0.5, 0.6) is 0 Å². The standard InChI is InChI=1S/C15H16FN3O/c1-3-19(14-7-5-4-6-12(14)16)15(20)13-9-8-11(17-2)10-18-13/h4-10,17H,3H2,1-2H3. The molecule has 0 saturated carbocycles. The normalized spacial score (nSPS) is 10.2. The van der Waals surface area contributed by atoms with Crippen LogP contribution in [0.25, 0.3) is 0 Å². The first-order valence-electron chi connectivity index (χ1n) is 6.37. The molecule has 0 fully saturated rings. The van der Waals surface area contributed by atoms with Crippen LogP contribution in [0.15, 0.2) is 42.6 Å². The maximum Gasteiger partial charge on any atom is 0.276 e. The summed E-state index contributed by atoms with van der Waals surface area (Å²) in [6, 6.07) is 9.59. The van der Waals surface area contributed by atoms with Crippen LogP contribution in [-0.4, -0.2) is 24.5 Å². The summed E-state index contributed by atoms with van der Waals surface area (Å²) in [5.74, 6) is -0.741. The zero-order valence-electron chi connectivity index (χ0n) is 11.4. The van der Waals surface area contributed by atoms with E-state index in [0.29, 0.717) is 6.54 Å². The van der Waals surface area contributed by atoms with Crippen LogP contribution >= 0.6 is 0 Å². The van der Waals surface area contributed by atoms with E-state index in [4.69, 9.17) is 0 Å². The highest BCUT2D eigenvalue weighted by Gasteiger charge is 2.19. The van der Waals surface area contributed by atoms with Gasteiger partial charge in [0.25, 0.3) is 5.91 Å². The maximum atomic E-state index is 13.8. The molecule has 0 aliphatic heterocycles. The number of amides is 1. The van der Waals surface area contributed by atoms with Crippen LogP contribution in [0.1, 0.15) is 17.4 Å². The second kappa shape index (κ2) is 6.14. The van der Waals surface area contributed by atoms with E-state index in [-0.39, 0.29) is 17.3 Å². The number of halogens is 1. The van der Waals surface area contributed by atoms with Gasteiger partial charge < -0.3 is 10.2 Å². The van der Waals surface area contributed by atoms with Gasteiger partial charge in [0, 0.05) is 13.6 Å². The average Bonchev–Trinajstić information content (AvgIpc) is 2.50. The summed E-state index contributed by atoms with van der Waals surface area (Å²) in [6.45, 7) is 2.17. The molecule has 2 rings (SSSR count). The van der Waals surface area contributed by atoms with Crippen molar-refractivity contribution in [3.8, 4) is 0 Å². The Kier molecular flexibility index (Phi) is 4.30. The summed E-state index contributed by atoms with van der Waals surface area (Å²) in [6.07, 6.45) is 1.57. The smallest absolute Gasteiger partial charge is 0.276 e. The van der Waals surface area contributed by atoms with Crippen LogP contribution in [0, 0.1) is 5.82 Å². The Labute approximate surface area is 117 Å². The molecule has 104 valence electrons. The summed E-state index contributed by atoms with van der Waals surface area (Å²) < 4.78 is 13.8. The van der Waals surface area contributed by atoms with Crippen LogP contribution in [-0.2, 0) is 0 Å². The van der Waals surface area contributed by atoms with E-state index in [1.807, 2.05) is 0 Å². The van der Waals surface area contributed by atoms with Gasteiger partial charge in [0.15, 0.2) is 0 Å². The molecular weight excluding hydrogens is 257 g/mol. The minimum Gasteiger partial charge on any atom is -0.387 e. The van der Waals surface area contributed by atoms with Crippen LogP contribution in [0.3, 0.4) is 0 Å². The first-order valence-corrected chi connectivity index (χ1v) is 6.37. The molecular formula is C15H16FN3O. The van der Waals surface area contributed by atoms with Gasteiger partial charge >= 0.3 is 0 Å². The monoisotopic (exact) mass is 273 g/mol. The molecule has 2 aromatic rings. The van der Waals surface area contributed by atoms with Gasteiger partial charge in [-0.15, -0.1) is 0 Å². The predicted octanol–water partition coefficient (Wildman–Crippen LogP) is 2.93. The van der Waals surface area contributed by atoms with E-state index in [9.17, 15) is 9.18 Å². The fourth-order valence-corrected chi connectivity index (χ4v) is 1.90. The molecule has 0 aliphatic rings. The van der Waals surface area contributed by atoms with Crippen molar-refractivity contribution in [1.82, 2.24) is 4.98 Å². The fourth-order valence-electron chi connectivity index (χ4n) is 1.90. The van der Waals surface area contributed by atoms with Crippen molar-refractivity contribution in [3.05, 3.63) is 54.1 Å². The molecule has 4 nitrogen and oxygen atoms in total. The Balaban J connectivity index is 2.31. The highest BCUT2D eigenvalue weighted by atomic mass is 19.1. The van der Waals surface area contributed by atoms with Gasteiger partial charge in [0.05, 0.1) is 17.6 Å². The van der Waals surface area contributed by atoms with Crippen LogP contribution in [0.2, 0.25) is 0 Å². The number of rotatable bonds is 4. The highest BCUT2D eigenvalue weighted by Crippen LogP contribution is 2.20. The van der Waals surface area contributed by atoms with Gasteiger partial charge in [-0.3, -0.25) is 4.79 Å². The molecule has 0 spiro atoms. The third-order valence-corrected chi connectivity index (χ3v) is 2.98. The number of aromatic nitrogens is 1. The van der Waals surface area contributed by atoms with E-state index in [1.165, 1.54) is 11.0 Å². The molecule has 0 atom stereocenters. The molecule has 0 aliphatic carbocycles. The quantitative estimate of drug-likeness (QED) is 0.931. The number of nitrogens with zero attached hydrogens (tertiary/aromatic N) is 2. The zero-order valence-corrected chi connectivity index (χ0v) is 11.4. The van der Waals surface area contributed by atoms with Gasteiger partial charge in [-0.1, -0.05) is 12.1 Å². The van der Waals surface area contributed by atoms with Crippen molar-refractivity contribution in [3.63, 3.8) is 0 Å². The average molecular weight is 273 g/mol. The van der Waals surface area contributed by atoms with Crippen LogP contribution < -0.4 is 10.2 Å². The Morgan fingerprint density at radius 3 is 2.60 bits per heavy atom. The number of hydrogen-bond acceptors (Lipinski definition) is 3. The Morgan fingerprint density at radius 1 is 1.30 bits per heavy atom. The van der Waals surface area contributed by atoms with Gasteiger partial charge in [0.2, 0.25) is 0 Å². The summed E-state index contributed by atoms with van der Waals surface area (Å²) >= 11 is 0. The number of para-hydroxylation sites is 1. The lowest BCUT2D eigenvalue weighted by Gasteiger charge is -2.21. The molecule has 0 bridgehead atoms. The van der Waals surface area contributed by atoms with E-state index < -0.39 is 5.82 Å². The predicted molar refractivity (Wildman–Crippen MR) is 77.5 cm³/mol. The van der Waals surface area contributed by atoms with E-state index in [2.05, 4.69) is 10.3 Å². The molecule has 0 radical (unpaired) electrons. The molecule has 1 aromatic heterocycles. The van der Waals surface area contributed by atoms with Gasteiger partial charge in [-0.25, -0.2) is 9.37 Å². The van der Waals surface area contributed by atoms with E-state index >= 15 is 0 Å². The molecule has 1 amide bonds. The summed E-state index contributed by atoms with van der Waals surface area (Å²) in [4.78, 5) is 17.9. The molecule has 5 heteroatoms. The van der Waals surface area contributed by atoms with Crippen molar-refractivity contribution in [2.45, 2.75) is 6.92 Å². The second-order valence-corrected chi connectivity index (χ2v) is 4.18. The van der Waals surface area contributed by atoms with Crippen molar-refractivity contribution in [2.24, 2.45) is 0 Å². The molecule has 20 heavy (non-hydrogen) atoms. The minimum atomic E-state index is -0.422. The largest absolute Gasteiger partial charge is 0.387 e. The molecule has 1 heterocycles. The van der Waals surface area contributed by atoms with Gasteiger partial charge in [0.1, 0.15) is 11.5 Å². The lowest BCUT2D eigenvalue weighted by Crippen LogP contribution is -2.32. The Hall–Kier alpha value is -2.43. The number of anilines is 2. The number of hydrogen-bond donors (Lipinski definition) is 1. The van der Waals surface area contributed by atoms with E-state index in [0.717, 1.165) is 5.69 Å². The molecule has 1 aromatic carbocycles. The van der Waals surface area contributed by atoms with Crippen LogP contribution in [0.4, 0.5) is 15.8 Å². The summed E-state index contributed by atoms with van der Waals surface area (Å²) in [5.41, 5.74) is 1.36. The maximum absolute atomic E-state index is 13.8. The highest BCUT2D eigenvalue weighted by molar-refractivity contribution is 6.04. The Morgan fingerprint density at radius 2 is 2.05 bits per heavy atom. The number of carbonyl (C=O) groups excluding carboxylic acids is 1. The summed E-state index contributed by atoms with van der Waals surface area (Å²) in [7, 11) is 1.77. The van der Waals surface area contributed by atoms with Crippen molar-refractivity contribution in [1.29, 1.82) is 0 Å². The molecule has 0 unspecified atom stereocenters. The third kappa shape index (κ3) is 2.77. The van der Waals surface area contributed by atoms with Gasteiger partial charge in [-0.05, 0) is 31.2 Å².